The van der Waals surface area contributed by atoms with E-state index in [4.69, 9.17) is 4.74 Å². The predicted octanol–water partition coefficient (Wildman–Crippen LogP) is 2.61. The highest BCUT2D eigenvalue weighted by molar-refractivity contribution is 7.15. The standard InChI is InChI=1S/C22H21N5O4S/c1-31-14-8-6-13(7-9-14)12-19-26-27-22(32-19)25-18(28)11-10-17-21(30)23-16-5-3-2-4-15(16)20(29)24-17/h2-9,17H,10-12H2,1H3,(H,23,30)(H,24,29)(H,25,27,28). The maximum Gasteiger partial charge on any atom is 0.254 e. The van der Waals surface area contributed by atoms with Gasteiger partial charge in [0.05, 0.1) is 18.4 Å². The molecule has 0 fully saturated rings. The van der Waals surface area contributed by atoms with Crippen LogP contribution in [0.25, 0.3) is 0 Å². The monoisotopic (exact) mass is 451 g/mol. The zero-order valence-corrected chi connectivity index (χ0v) is 18.1. The maximum absolute atomic E-state index is 12.4. The smallest absolute Gasteiger partial charge is 0.254 e. The topological polar surface area (TPSA) is 122 Å². The summed E-state index contributed by atoms with van der Waals surface area (Å²) in [6.07, 6.45) is 0.795. The van der Waals surface area contributed by atoms with Crippen LogP contribution in [0.5, 0.6) is 5.75 Å². The molecule has 0 aliphatic carbocycles. The van der Waals surface area contributed by atoms with Gasteiger partial charge in [-0.1, -0.05) is 35.6 Å². The van der Waals surface area contributed by atoms with Crippen LogP contribution in [0.2, 0.25) is 0 Å². The normalized spacial score (nSPS) is 15.2. The van der Waals surface area contributed by atoms with Crippen LogP contribution in [0.1, 0.15) is 33.8 Å². The molecule has 2 heterocycles. The second kappa shape index (κ2) is 9.56. The van der Waals surface area contributed by atoms with Crippen molar-refractivity contribution in [2.75, 3.05) is 17.7 Å². The number of carbonyl (C=O) groups is 3. The molecule has 9 nitrogen and oxygen atoms in total. The van der Waals surface area contributed by atoms with Gasteiger partial charge in [-0.15, -0.1) is 10.2 Å². The molecular weight excluding hydrogens is 430 g/mol. The highest BCUT2D eigenvalue weighted by Gasteiger charge is 2.28. The molecule has 32 heavy (non-hydrogen) atoms. The number of nitrogens with zero attached hydrogens (tertiary/aromatic N) is 2. The zero-order valence-electron chi connectivity index (χ0n) is 17.3. The predicted molar refractivity (Wildman–Crippen MR) is 120 cm³/mol. The van der Waals surface area contributed by atoms with Crippen molar-refractivity contribution in [1.29, 1.82) is 0 Å². The number of amides is 3. The second-order valence-electron chi connectivity index (χ2n) is 7.17. The lowest BCUT2D eigenvalue weighted by Gasteiger charge is -2.13. The van der Waals surface area contributed by atoms with Gasteiger partial charge in [0.1, 0.15) is 16.8 Å². The van der Waals surface area contributed by atoms with Gasteiger partial charge < -0.3 is 20.7 Å². The van der Waals surface area contributed by atoms with E-state index in [1.54, 1.807) is 31.4 Å². The highest BCUT2D eigenvalue weighted by Crippen LogP contribution is 2.22. The summed E-state index contributed by atoms with van der Waals surface area (Å²) in [4.78, 5) is 37.1. The molecule has 1 unspecified atom stereocenters. The fraction of sp³-hybridized carbons (Fsp3) is 0.227. The van der Waals surface area contributed by atoms with Gasteiger partial charge in [0.2, 0.25) is 16.9 Å². The lowest BCUT2D eigenvalue weighted by molar-refractivity contribution is -0.118. The SMILES string of the molecule is COc1ccc(Cc2nnc(NC(=O)CCC3NC(=O)c4ccccc4NC3=O)s2)cc1. The van der Waals surface area contributed by atoms with Crippen molar-refractivity contribution in [1.82, 2.24) is 15.5 Å². The number of rotatable bonds is 7. The lowest BCUT2D eigenvalue weighted by atomic mass is 10.1. The van der Waals surface area contributed by atoms with E-state index in [1.807, 2.05) is 24.3 Å². The Balaban J connectivity index is 1.30. The minimum atomic E-state index is -0.805. The Morgan fingerprint density at radius 3 is 2.69 bits per heavy atom. The molecule has 2 aromatic carbocycles. The molecule has 0 radical (unpaired) electrons. The van der Waals surface area contributed by atoms with Crippen LogP contribution in [0, 0.1) is 0 Å². The first-order valence-corrected chi connectivity index (χ1v) is 10.8. The van der Waals surface area contributed by atoms with Crippen LogP contribution in [-0.4, -0.2) is 41.1 Å². The van der Waals surface area contributed by atoms with Crippen LogP contribution in [0.4, 0.5) is 10.8 Å². The lowest BCUT2D eigenvalue weighted by Crippen LogP contribution is -2.41. The fourth-order valence-electron chi connectivity index (χ4n) is 3.27. The maximum atomic E-state index is 12.4. The summed E-state index contributed by atoms with van der Waals surface area (Å²) >= 11 is 1.29. The minimum absolute atomic E-state index is 0.0438. The Hall–Kier alpha value is -3.79. The molecule has 3 aromatic rings. The second-order valence-corrected chi connectivity index (χ2v) is 8.24. The zero-order chi connectivity index (χ0) is 22.5. The fourth-order valence-corrected chi connectivity index (χ4v) is 4.06. The van der Waals surface area contributed by atoms with E-state index in [-0.39, 0.29) is 30.6 Å². The summed E-state index contributed by atoms with van der Waals surface area (Å²) < 4.78 is 5.15. The summed E-state index contributed by atoms with van der Waals surface area (Å²) in [5.74, 6) is -0.229. The minimum Gasteiger partial charge on any atom is -0.497 e. The third-order valence-corrected chi connectivity index (χ3v) is 5.78. The number of hydrogen-bond donors (Lipinski definition) is 3. The van der Waals surface area contributed by atoms with Crippen molar-refractivity contribution in [2.24, 2.45) is 0 Å². The summed E-state index contributed by atoms with van der Waals surface area (Å²) in [6.45, 7) is 0. The first-order valence-electron chi connectivity index (χ1n) is 9.98. The molecule has 10 heteroatoms. The molecule has 4 rings (SSSR count). The number of anilines is 2. The van der Waals surface area contributed by atoms with Crippen molar-refractivity contribution in [3.05, 3.63) is 64.7 Å². The van der Waals surface area contributed by atoms with Gasteiger partial charge in [-0.05, 0) is 36.2 Å². The highest BCUT2D eigenvalue weighted by atomic mass is 32.1. The van der Waals surface area contributed by atoms with Gasteiger partial charge in [-0.25, -0.2) is 0 Å². The number of hydrogen-bond acceptors (Lipinski definition) is 7. The quantitative estimate of drug-likeness (QED) is 0.508. The molecule has 1 aromatic heterocycles. The number of para-hydroxylation sites is 1. The van der Waals surface area contributed by atoms with E-state index in [0.717, 1.165) is 16.3 Å². The molecular formula is C22H21N5O4S. The largest absolute Gasteiger partial charge is 0.497 e. The first kappa shape index (κ1) is 21.4. The van der Waals surface area contributed by atoms with Crippen LogP contribution in [-0.2, 0) is 16.0 Å². The summed E-state index contributed by atoms with van der Waals surface area (Å²) in [7, 11) is 1.61. The summed E-state index contributed by atoms with van der Waals surface area (Å²) in [5.41, 5.74) is 1.90. The molecule has 3 N–H and O–H groups in total. The van der Waals surface area contributed by atoms with Crippen LogP contribution in [0.3, 0.4) is 0 Å². The van der Waals surface area contributed by atoms with Crippen molar-refractivity contribution < 1.29 is 19.1 Å². The molecule has 0 spiro atoms. The van der Waals surface area contributed by atoms with E-state index < -0.39 is 6.04 Å². The molecule has 164 valence electrons. The number of benzene rings is 2. The Kier molecular flexibility index (Phi) is 6.41. The van der Waals surface area contributed by atoms with Crippen LogP contribution in [0.15, 0.2) is 48.5 Å². The Labute approximate surface area is 188 Å². The van der Waals surface area contributed by atoms with Crippen LogP contribution < -0.4 is 20.7 Å². The van der Waals surface area contributed by atoms with E-state index in [0.29, 0.717) is 22.8 Å². The number of carbonyl (C=O) groups excluding carboxylic acids is 3. The average molecular weight is 452 g/mol. The average Bonchev–Trinajstić information content (AvgIpc) is 3.18. The molecule has 1 aliphatic rings. The van der Waals surface area contributed by atoms with Crippen molar-refractivity contribution >= 4 is 39.9 Å². The van der Waals surface area contributed by atoms with E-state index >= 15 is 0 Å². The van der Waals surface area contributed by atoms with E-state index in [2.05, 4.69) is 26.1 Å². The van der Waals surface area contributed by atoms with Gasteiger partial charge in [0.15, 0.2) is 0 Å². The van der Waals surface area contributed by atoms with Crippen molar-refractivity contribution in [3.63, 3.8) is 0 Å². The first-order chi connectivity index (χ1) is 15.5. The molecule has 1 atom stereocenters. The molecule has 1 aliphatic heterocycles. The Morgan fingerprint density at radius 2 is 1.91 bits per heavy atom. The van der Waals surface area contributed by atoms with Gasteiger partial charge >= 0.3 is 0 Å². The molecule has 0 saturated carbocycles. The van der Waals surface area contributed by atoms with E-state index in [9.17, 15) is 14.4 Å². The molecule has 0 bridgehead atoms. The van der Waals surface area contributed by atoms with Crippen molar-refractivity contribution in [3.8, 4) is 5.75 Å². The Bertz CT molecular complexity index is 1150. The number of nitrogens with one attached hydrogen (secondary N) is 3. The summed E-state index contributed by atoms with van der Waals surface area (Å²) in [6, 6.07) is 13.6. The number of aromatic nitrogens is 2. The van der Waals surface area contributed by atoms with Gasteiger partial charge in [-0.2, -0.15) is 0 Å². The van der Waals surface area contributed by atoms with Gasteiger partial charge in [0, 0.05) is 12.8 Å². The van der Waals surface area contributed by atoms with Crippen LogP contribution >= 0.6 is 11.3 Å². The third kappa shape index (κ3) is 5.09. The molecule has 0 saturated heterocycles. The molecule has 3 amide bonds. The number of ether oxygens (including phenoxy) is 1. The van der Waals surface area contributed by atoms with Crippen molar-refractivity contribution in [2.45, 2.75) is 25.3 Å². The number of methoxy groups -OCH3 is 1. The Morgan fingerprint density at radius 1 is 1.12 bits per heavy atom. The van der Waals surface area contributed by atoms with Gasteiger partial charge in [0.25, 0.3) is 5.91 Å². The van der Waals surface area contributed by atoms with Gasteiger partial charge in [-0.3, -0.25) is 14.4 Å². The number of fused-ring (bicyclic) bond motifs is 1. The third-order valence-electron chi connectivity index (χ3n) is 4.94. The van der Waals surface area contributed by atoms with E-state index in [1.165, 1.54) is 11.3 Å². The summed E-state index contributed by atoms with van der Waals surface area (Å²) in [5, 5.41) is 17.4.